The number of amides is 2. The first-order valence-electron chi connectivity index (χ1n) is 7.79. The van der Waals surface area contributed by atoms with Crippen LogP contribution in [-0.4, -0.2) is 33.4 Å². The number of carbonyl (C=O) groups is 1. The summed E-state index contributed by atoms with van der Waals surface area (Å²) in [5.41, 5.74) is 1.16. The summed E-state index contributed by atoms with van der Waals surface area (Å²) in [7, 11) is 0. The summed E-state index contributed by atoms with van der Waals surface area (Å²) in [6.07, 6.45) is 3.43. The highest BCUT2D eigenvalue weighted by Gasteiger charge is 2.35. The van der Waals surface area contributed by atoms with Gasteiger partial charge in [-0.05, 0) is 25.0 Å². The van der Waals surface area contributed by atoms with E-state index in [9.17, 15) is 14.9 Å². The molecule has 1 aromatic heterocycles. The third-order valence-electron chi connectivity index (χ3n) is 4.48. The highest BCUT2D eigenvalue weighted by Crippen LogP contribution is 2.34. The Hall–Kier alpha value is -2.96. The fourth-order valence-electron chi connectivity index (χ4n) is 3.20. The maximum Gasteiger partial charge on any atom is 0.322 e. The van der Waals surface area contributed by atoms with E-state index < -0.39 is 4.92 Å². The molecule has 7 nitrogen and oxygen atoms in total. The smallest absolute Gasteiger partial charge is 0.321 e. The molecular weight excluding hydrogens is 308 g/mol. The Labute approximate surface area is 139 Å². The Bertz CT molecular complexity index is 751. The molecule has 0 spiro atoms. The van der Waals surface area contributed by atoms with E-state index >= 15 is 0 Å². The van der Waals surface area contributed by atoms with Gasteiger partial charge in [0.15, 0.2) is 0 Å². The molecular formula is C17H18N4O3. The van der Waals surface area contributed by atoms with Gasteiger partial charge in [0.2, 0.25) is 0 Å². The van der Waals surface area contributed by atoms with Crippen molar-refractivity contribution < 1.29 is 9.72 Å². The molecule has 124 valence electrons. The molecule has 1 N–H and O–H groups in total. The standard InChI is InChI=1S/C17H18N4O3/c1-12-14(13-5-3-2-4-6-13)8-10-20(12)17(22)19-15-7-9-18-11-16(15)21(23)24/h2-7,9,11-12,14H,8,10H2,1H3,(H,18,19,22)/t12-,14-/m1/s1. The molecule has 2 amide bonds. The molecule has 0 unspecified atom stereocenters. The lowest BCUT2D eigenvalue weighted by molar-refractivity contribution is -0.384. The molecule has 0 saturated carbocycles. The molecule has 2 heterocycles. The number of likely N-dealkylation sites (tertiary alicyclic amines) is 1. The Kier molecular flexibility index (Phi) is 4.41. The topological polar surface area (TPSA) is 88.4 Å². The second-order valence-electron chi connectivity index (χ2n) is 5.82. The second kappa shape index (κ2) is 6.66. The monoisotopic (exact) mass is 326 g/mol. The lowest BCUT2D eigenvalue weighted by atomic mass is 9.93. The van der Waals surface area contributed by atoms with Crippen LogP contribution < -0.4 is 5.32 Å². The van der Waals surface area contributed by atoms with Gasteiger partial charge in [0, 0.05) is 24.7 Å². The lowest BCUT2D eigenvalue weighted by Crippen LogP contribution is -2.38. The van der Waals surface area contributed by atoms with Crippen LogP contribution in [-0.2, 0) is 0 Å². The zero-order chi connectivity index (χ0) is 17.1. The van der Waals surface area contributed by atoms with Crippen molar-refractivity contribution in [1.29, 1.82) is 0 Å². The largest absolute Gasteiger partial charge is 0.322 e. The van der Waals surface area contributed by atoms with Gasteiger partial charge in [0.25, 0.3) is 0 Å². The van der Waals surface area contributed by atoms with Gasteiger partial charge >= 0.3 is 11.7 Å². The summed E-state index contributed by atoms with van der Waals surface area (Å²) in [6, 6.07) is 11.2. The predicted molar refractivity (Wildman–Crippen MR) is 89.9 cm³/mol. The SMILES string of the molecule is C[C@@H]1[C@H](c2ccccc2)CCN1C(=O)Nc1ccncc1[N+](=O)[O-]. The summed E-state index contributed by atoms with van der Waals surface area (Å²) >= 11 is 0. The summed E-state index contributed by atoms with van der Waals surface area (Å²) in [5.74, 6) is 0.268. The summed E-state index contributed by atoms with van der Waals surface area (Å²) < 4.78 is 0. The number of nitro groups is 1. The molecule has 2 atom stereocenters. The van der Waals surface area contributed by atoms with Crippen LogP contribution in [0.5, 0.6) is 0 Å². The number of hydrogen-bond acceptors (Lipinski definition) is 4. The first-order valence-corrected chi connectivity index (χ1v) is 7.79. The van der Waals surface area contributed by atoms with Crippen molar-refractivity contribution in [1.82, 2.24) is 9.88 Å². The Morgan fingerprint density at radius 1 is 1.33 bits per heavy atom. The first kappa shape index (κ1) is 15.9. The van der Waals surface area contributed by atoms with Gasteiger partial charge in [-0.1, -0.05) is 30.3 Å². The highest BCUT2D eigenvalue weighted by atomic mass is 16.6. The van der Waals surface area contributed by atoms with Crippen molar-refractivity contribution in [2.75, 3.05) is 11.9 Å². The molecule has 3 rings (SSSR count). The number of aromatic nitrogens is 1. The quantitative estimate of drug-likeness (QED) is 0.691. The summed E-state index contributed by atoms with van der Waals surface area (Å²) in [6.45, 7) is 2.62. The number of rotatable bonds is 3. The average Bonchev–Trinajstić information content (AvgIpc) is 2.97. The van der Waals surface area contributed by atoms with Crippen LogP contribution in [0.2, 0.25) is 0 Å². The average molecular weight is 326 g/mol. The maximum atomic E-state index is 12.5. The zero-order valence-corrected chi connectivity index (χ0v) is 13.3. The van der Waals surface area contributed by atoms with Crippen LogP contribution in [0.3, 0.4) is 0 Å². The van der Waals surface area contributed by atoms with E-state index in [0.29, 0.717) is 6.54 Å². The fourth-order valence-corrected chi connectivity index (χ4v) is 3.20. The predicted octanol–water partition coefficient (Wildman–Crippen LogP) is 3.40. The maximum absolute atomic E-state index is 12.5. The summed E-state index contributed by atoms with van der Waals surface area (Å²) in [4.78, 5) is 28.5. The molecule has 0 radical (unpaired) electrons. The van der Waals surface area contributed by atoms with Crippen molar-refractivity contribution in [3.05, 3.63) is 64.5 Å². The van der Waals surface area contributed by atoms with Crippen molar-refractivity contribution in [3.63, 3.8) is 0 Å². The van der Waals surface area contributed by atoms with Gasteiger partial charge in [-0.2, -0.15) is 0 Å². The van der Waals surface area contributed by atoms with Gasteiger partial charge in [-0.25, -0.2) is 4.79 Å². The van der Waals surface area contributed by atoms with Crippen molar-refractivity contribution >= 4 is 17.4 Å². The number of hydrogen-bond donors (Lipinski definition) is 1. The Morgan fingerprint density at radius 2 is 2.08 bits per heavy atom. The number of nitrogens with zero attached hydrogens (tertiary/aromatic N) is 3. The number of anilines is 1. The van der Waals surface area contributed by atoms with Crippen molar-refractivity contribution in [2.45, 2.75) is 25.3 Å². The molecule has 2 aromatic rings. The molecule has 0 aliphatic carbocycles. The molecule has 1 fully saturated rings. The Balaban J connectivity index is 1.74. The molecule has 1 saturated heterocycles. The van der Waals surface area contributed by atoms with Crippen LogP contribution in [0.1, 0.15) is 24.8 Å². The van der Waals surface area contributed by atoms with Crippen molar-refractivity contribution in [3.8, 4) is 0 Å². The fraction of sp³-hybridized carbons (Fsp3) is 0.294. The van der Waals surface area contributed by atoms with E-state index in [2.05, 4.69) is 22.4 Å². The minimum Gasteiger partial charge on any atom is -0.321 e. The number of benzene rings is 1. The number of carbonyl (C=O) groups excluding carboxylic acids is 1. The van der Waals surface area contributed by atoms with Crippen LogP contribution in [0.25, 0.3) is 0 Å². The van der Waals surface area contributed by atoms with Crippen molar-refractivity contribution in [2.24, 2.45) is 0 Å². The third-order valence-corrected chi connectivity index (χ3v) is 4.48. The van der Waals surface area contributed by atoms with Gasteiger partial charge in [-0.15, -0.1) is 0 Å². The first-order chi connectivity index (χ1) is 11.6. The number of urea groups is 1. The van der Waals surface area contributed by atoms with Crippen LogP contribution in [0.15, 0.2) is 48.8 Å². The van der Waals surface area contributed by atoms with E-state index in [1.807, 2.05) is 25.1 Å². The molecule has 1 aromatic carbocycles. The van der Waals surface area contributed by atoms with Crippen LogP contribution in [0, 0.1) is 10.1 Å². The zero-order valence-electron chi connectivity index (χ0n) is 13.3. The highest BCUT2D eigenvalue weighted by molar-refractivity contribution is 5.92. The van der Waals surface area contributed by atoms with Gasteiger partial charge in [-0.3, -0.25) is 15.1 Å². The molecule has 1 aliphatic rings. The minimum absolute atomic E-state index is 0.0216. The molecule has 24 heavy (non-hydrogen) atoms. The normalized spacial score (nSPS) is 20.0. The van der Waals surface area contributed by atoms with E-state index in [1.54, 1.807) is 4.90 Å². The second-order valence-corrected chi connectivity index (χ2v) is 5.82. The molecule has 7 heteroatoms. The molecule has 0 bridgehead atoms. The van der Waals surface area contributed by atoms with E-state index in [-0.39, 0.29) is 29.4 Å². The molecule has 1 aliphatic heterocycles. The number of pyridine rings is 1. The van der Waals surface area contributed by atoms with Crippen LogP contribution in [0.4, 0.5) is 16.2 Å². The van der Waals surface area contributed by atoms with Crippen LogP contribution >= 0.6 is 0 Å². The third kappa shape index (κ3) is 3.05. The lowest BCUT2D eigenvalue weighted by Gasteiger charge is -2.25. The van der Waals surface area contributed by atoms with E-state index in [1.165, 1.54) is 17.8 Å². The Morgan fingerprint density at radius 3 is 2.79 bits per heavy atom. The van der Waals surface area contributed by atoms with Gasteiger partial charge in [0.05, 0.1) is 4.92 Å². The van der Waals surface area contributed by atoms with Gasteiger partial charge in [0.1, 0.15) is 11.9 Å². The van der Waals surface area contributed by atoms with Gasteiger partial charge < -0.3 is 10.2 Å². The van der Waals surface area contributed by atoms with E-state index in [0.717, 1.165) is 12.6 Å². The van der Waals surface area contributed by atoms with E-state index in [4.69, 9.17) is 0 Å². The minimum atomic E-state index is -0.553. The number of nitrogens with one attached hydrogen (secondary N) is 1. The summed E-state index contributed by atoms with van der Waals surface area (Å²) in [5, 5.41) is 13.7.